The van der Waals surface area contributed by atoms with E-state index in [4.69, 9.17) is 5.11 Å². The van der Waals surface area contributed by atoms with Gasteiger partial charge in [-0.05, 0) is 25.7 Å². The van der Waals surface area contributed by atoms with Gasteiger partial charge in [0.1, 0.15) is 0 Å². The summed E-state index contributed by atoms with van der Waals surface area (Å²) < 4.78 is 0. The van der Waals surface area contributed by atoms with Crippen LogP contribution < -0.4 is 0 Å². The second-order valence-electron chi connectivity index (χ2n) is 9.59. The van der Waals surface area contributed by atoms with Crippen molar-refractivity contribution in [2.24, 2.45) is 0 Å². The molecule has 0 aromatic rings. The number of carboxylic acid groups (broad SMARTS) is 1. The van der Waals surface area contributed by atoms with Gasteiger partial charge < -0.3 is 5.11 Å². The molecule has 0 spiro atoms. The predicted molar refractivity (Wildman–Crippen MR) is 138 cm³/mol. The molecule has 0 aliphatic rings. The van der Waals surface area contributed by atoms with Crippen molar-refractivity contribution >= 4 is 5.97 Å². The smallest absolute Gasteiger partial charge is 0.303 e. The van der Waals surface area contributed by atoms with Crippen molar-refractivity contribution in [2.75, 3.05) is 0 Å². The molecule has 0 aliphatic heterocycles. The van der Waals surface area contributed by atoms with Gasteiger partial charge in [-0.1, -0.05) is 147 Å². The first-order chi connectivity index (χ1) is 15.3. The molecule has 0 radical (unpaired) electrons. The SMILES string of the molecule is CCC=CCCCCCCCCCCCCCCCCCCCCCCCCC(=O)O. The number of rotatable bonds is 26. The lowest BCUT2D eigenvalue weighted by Gasteiger charge is -2.04. The average molecular weight is 437 g/mol. The first kappa shape index (κ1) is 30.2. The fraction of sp³-hybridized carbons (Fsp3) is 0.897. The molecule has 1 N–H and O–H groups in total. The Bertz CT molecular complexity index is 375. The van der Waals surface area contributed by atoms with Crippen molar-refractivity contribution in [1.82, 2.24) is 0 Å². The Balaban J connectivity index is 3.02. The lowest BCUT2D eigenvalue weighted by molar-refractivity contribution is -0.137. The van der Waals surface area contributed by atoms with Crippen LogP contribution >= 0.6 is 0 Å². The minimum Gasteiger partial charge on any atom is -0.481 e. The van der Waals surface area contributed by atoms with E-state index in [9.17, 15) is 4.79 Å². The van der Waals surface area contributed by atoms with Crippen LogP contribution in [-0.2, 0) is 4.79 Å². The fourth-order valence-corrected chi connectivity index (χ4v) is 4.36. The van der Waals surface area contributed by atoms with Gasteiger partial charge in [0.05, 0.1) is 0 Å². The van der Waals surface area contributed by atoms with Crippen molar-refractivity contribution in [3.8, 4) is 0 Å². The minimum atomic E-state index is -0.650. The highest BCUT2D eigenvalue weighted by molar-refractivity contribution is 5.66. The number of unbranched alkanes of at least 4 members (excludes halogenated alkanes) is 22. The molecule has 0 rings (SSSR count). The number of carboxylic acids is 1. The van der Waals surface area contributed by atoms with E-state index in [0.717, 1.165) is 12.8 Å². The summed E-state index contributed by atoms with van der Waals surface area (Å²) >= 11 is 0. The van der Waals surface area contributed by atoms with Crippen molar-refractivity contribution in [3.63, 3.8) is 0 Å². The Morgan fingerprint density at radius 2 is 0.774 bits per heavy atom. The molecule has 0 unspecified atom stereocenters. The number of hydrogen-bond donors (Lipinski definition) is 1. The third-order valence-corrected chi connectivity index (χ3v) is 6.41. The highest BCUT2D eigenvalue weighted by Gasteiger charge is 1.97. The molecule has 0 aliphatic carbocycles. The zero-order valence-electron chi connectivity index (χ0n) is 21.2. The third kappa shape index (κ3) is 29.2. The number of carbonyl (C=O) groups is 1. The molecule has 0 aromatic heterocycles. The van der Waals surface area contributed by atoms with E-state index < -0.39 is 5.97 Å². The van der Waals surface area contributed by atoms with Gasteiger partial charge in [0.15, 0.2) is 0 Å². The highest BCUT2D eigenvalue weighted by Crippen LogP contribution is 2.15. The Kier molecular flexibility index (Phi) is 26.5. The maximum absolute atomic E-state index is 10.4. The summed E-state index contributed by atoms with van der Waals surface area (Å²) in [6, 6.07) is 0. The summed E-state index contributed by atoms with van der Waals surface area (Å²) in [5.41, 5.74) is 0. The van der Waals surface area contributed by atoms with E-state index in [1.807, 2.05) is 0 Å². The first-order valence-corrected chi connectivity index (χ1v) is 14.1. The monoisotopic (exact) mass is 436 g/mol. The molecule has 0 aromatic carbocycles. The minimum absolute atomic E-state index is 0.345. The highest BCUT2D eigenvalue weighted by atomic mass is 16.4. The van der Waals surface area contributed by atoms with Crippen LogP contribution in [0.25, 0.3) is 0 Å². The quantitative estimate of drug-likeness (QED) is 0.108. The molecule has 0 amide bonds. The van der Waals surface area contributed by atoms with E-state index in [-0.39, 0.29) is 0 Å². The van der Waals surface area contributed by atoms with Crippen LogP contribution in [0.2, 0.25) is 0 Å². The van der Waals surface area contributed by atoms with Crippen molar-refractivity contribution in [2.45, 2.75) is 167 Å². The van der Waals surface area contributed by atoms with E-state index in [1.165, 1.54) is 141 Å². The molecular weight excluding hydrogens is 380 g/mol. The van der Waals surface area contributed by atoms with Gasteiger partial charge in [0.2, 0.25) is 0 Å². The normalized spacial score (nSPS) is 11.5. The van der Waals surface area contributed by atoms with Crippen LogP contribution in [0.4, 0.5) is 0 Å². The Morgan fingerprint density at radius 1 is 0.484 bits per heavy atom. The molecule has 0 saturated heterocycles. The van der Waals surface area contributed by atoms with Crippen LogP contribution in [0.15, 0.2) is 12.2 Å². The predicted octanol–water partition coefficient (Wildman–Crippen LogP) is 10.4. The first-order valence-electron chi connectivity index (χ1n) is 14.1. The van der Waals surface area contributed by atoms with Crippen molar-refractivity contribution in [1.29, 1.82) is 0 Å². The summed E-state index contributed by atoms with van der Waals surface area (Å²) in [5.74, 6) is -0.650. The van der Waals surface area contributed by atoms with Gasteiger partial charge in [0.25, 0.3) is 0 Å². The number of hydrogen-bond acceptors (Lipinski definition) is 1. The molecule has 31 heavy (non-hydrogen) atoms. The van der Waals surface area contributed by atoms with Gasteiger partial charge in [-0.15, -0.1) is 0 Å². The van der Waals surface area contributed by atoms with Gasteiger partial charge in [-0.25, -0.2) is 0 Å². The maximum atomic E-state index is 10.4. The van der Waals surface area contributed by atoms with Crippen molar-refractivity contribution < 1.29 is 9.90 Å². The molecule has 0 heterocycles. The average Bonchev–Trinajstić information content (AvgIpc) is 2.76. The standard InChI is InChI=1S/C29H56O2/c1-2-3-4-5-6-7-8-9-10-11-12-13-14-15-16-17-18-19-20-21-22-23-24-25-26-27-28-29(30)31/h3-4H,2,5-28H2,1H3,(H,30,31). The van der Waals surface area contributed by atoms with Crippen LogP contribution in [0, 0.1) is 0 Å². The summed E-state index contributed by atoms with van der Waals surface area (Å²) in [4.78, 5) is 10.4. The lowest BCUT2D eigenvalue weighted by Crippen LogP contribution is -1.93. The van der Waals surface area contributed by atoms with Crippen LogP contribution in [0.1, 0.15) is 167 Å². The Morgan fingerprint density at radius 3 is 1.06 bits per heavy atom. The van der Waals surface area contributed by atoms with Gasteiger partial charge in [0, 0.05) is 6.42 Å². The van der Waals surface area contributed by atoms with Gasteiger partial charge in [-0.2, -0.15) is 0 Å². The molecule has 0 fully saturated rings. The zero-order chi connectivity index (χ0) is 22.7. The molecule has 0 saturated carbocycles. The van der Waals surface area contributed by atoms with Crippen LogP contribution in [-0.4, -0.2) is 11.1 Å². The zero-order valence-corrected chi connectivity index (χ0v) is 21.2. The second kappa shape index (κ2) is 27.2. The second-order valence-corrected chi connectivity index (χ2v) is 9.59. The lowest BCUT2D eigenvalue weighted by atomic mass is 10.0. The van der Waals surface area contributed by atoms with Crippen LogP contribution in [0.5, 0.6) is 0 Å². The molecule has 184 valence electrons. The van der Waals surface area contributed by atoms with Gasteiger partial charge >= 0.3 is 5.97 Å². The Hall–Kier alpha value is -0.790. The molecule has 0 atom stereocenters. The van der Waals surface area contributed by atoms with Crippen molar-refractivity contribution in [3.05, 3.63) is 12.2 Å². The van der Waals surface area contributed by atoms with E-state index in [1.54, 1.807) is 0 Å². The maximum Gasteiger partial charge on any atom is 0.303 e. The molecule has 0 bridgehead atoms. The topological polar surface area (TPSA) is 37.3 Å². The van der Waals surface area contributed by atoms with Gasteiger partial charge in [-0.3, -0.25) is 4.79 Å². The molecule has 2 nitrogen and oxygen atoms in total. The summed E-state index contributed by atoms with van der Waals surface area (Å²) in [7, 11) is 0. The Labute approximate surface area is 195 Å². The molecular formula is C29H56O2. The van der Waals surface area contributed by atoms with Crippen LogP contribution in [0.3, 0.4) is 0 Å². The van der Waals surface area contributed by atoms with E-state index in [2.05, 4.69) is 19.1 Å². The number of aliphatic carboxylic acids is 1. The summed E-state index contributed by atoms with van der Waals surface area (Å²) in [6.45, 7) is 2.21. The van der Waals surface area contributed by atoms with E-state index in [0.29, 0.717) is 6.42 Å². The number of allylic oxidation sites excluding steroid dienone is 2. The van der Waals surface area contributed by atoms with E-state index >= 15 is 0 Å². The largest absolute Gasteiger partial charge is 0.481 e. The molecule has 2 heteroatoms. The fourth-order valence-electron chi connectivity index (χ4n) is 4.36. The third-order valence-electron chi connectivity index (χ3n) is 6.41. The summed E-state index contributed by atoms with van der Waals surface area (Å²) in [5, 5.41) is 8.60. The summed E-state index contributed by atoms with van der Waals surface area (Å²) in [6.07, 6.45) is 37.6.